The fraction of sp³-hybridized carbons (Fsp3) is 0.360. The Hall–Kier alpha value is -3.72. The lowest BCUT2D eigenvalue weighted by atomic mass is 10.0. The van der Waals surface area contributed by atoms with Crippen LogP contribution in [0.5, 0.6) is 5.75 Å². The van der Waals surface area contributed by atoms with E-state index in [0.29, 0.717) is 5.56 Å². The third-order valence-corrected chi connectivity index (χ3v) is 5.90. The number of carbonyl (C=O) groups is 4. The minimum absolute atomic E-state index is 0.0306. The molecule has 9 heteroatoms. The summed E-state index contributed by atoms with van der Waals surface area (Å²) in [4.78, 5) is 51.6. The Balaban J connectivity index is 1.40. The summed E-state index contributed by atoms with van der Waals surface area (Å²) in [5, 5.41) is 2.23. The first-order valence-corrected chi connectivity index (χ1v) is 10.8. The van der Waals surface area contributed by atoms with Gasteiger partial charge in [-0.2, -0.15) is 0 Å². The van der Waals surface area contributed by atoms with E-state index in [1.807, 2.05) is 0 Å². The lowest BCUT2D eigenvalue weighted by molar-refractivity contribution is -0.143. The van der Waals surface area contributed by atoms with Crippen molar-refractivity contribution in [3.63, 3.8) is 0 Å². The number of morpholine rings is 1. The van der Waals surface area contributed by atoms with E-state index in [0.717, 1.165) is 0 Å². The predicted molar refractivity (Wildman–Crippen MR) is 119 cm³/mol. The standard InChI is InChI=1S/C25H25N3O6/c29-22-9-8-20(24(31)26-22)28-13-19-18(25(28)32)2-1-3-21(19)34-14-17-6-4-16(5-7-17)12-27-10-11-33-15-23(27)30/h1-7,20H,8-15H2,(H,26,29,31)/i4D,6D,12D,14D2. The molecule has 3 aliphatic heterocycles. The first-order chi connectivity index (χ1) is 18.5. The van der Waals surface area contributed by atoms with E-state index in [1.54, 1.807) is 6.07 Å². The second kappa shape index (κ2) is 9.26. The van der Waals surface area contributed by atoms with Crippen molar-refractivity contribution in [3.8, 4) is 5.75 Å². The number of ether oxygens (including phenoxy) is 2. The van der Waals surface area contributed by atoms with Gasteiger partial charge in [0, 0.05) is 30.6 Å². The molecule has 1 N–H and O–H groups in total. The first kappa shape index (κ1) is 16.8. The molecule has 2 unspecified atom stereocenters. The van der Waals surface area contributed by atoms with Gasteiger partial charge in [0.2, 0.25) is 17.7 Å². The smallest absolute Gasteiger partial charge is 0.255 e. The van der Waals surface area contributed by atoms with E-state index in [4.69, 9.17) is 16.3 Å². The van der Waals surface area contributed by atoms with Crippen LogP contribution in [0.2, 0.25) is 0 Å². The highest BCUT2D eigenvalue weighted by atomic mass is 16.5. The molecule has 2 aromatic carbocycles. The summed E-state index contributed by atoms with van der Waals surface area (Å²) >= 11 is 0. The number of rotatable bonds is 6. The molecule has 3 heterocycles. The van der Waals surface area contributed by atoms with Crippen molar-refractivity contribution in [3.05, 3.63) is 64.7 Å². The maximum absolute atomic E-state index is 13.1. The SMILES string of the molecule is [2H]c1c(C([2H])N2CCOCC2=O)ccc(C([2H])([2H])Oc2cccc3c2CN(C2CCC(=O)NC2=O)C3=O)c1[2H]. The Bertz CT molecular complexity index is 1390. The van der Waals surface area contributed by atoms with Gasteiger partial charge in [0.1, 0.15) is 25.0 Å². The maximum Gasteiger partial charge on any atom is 0.255 e. The number of imide groups is 1. The molecule has 4 amide bonds. The summed E-state index contributed by atoms with van der Waals surface area (Å²) < 4.78 is 53.2. The number of piperidine rings is 1. The molecule has 2 aromatic rings. The number of hydrogen-bond donors (Lipinski definition) is 1. The Kier molecular flexibility index (Phi) is 4.58. The van der Waals surface area contributed by atoms with Gasteiger partial charge in [-0.25, -0.2) is 0 Å². The second-order valence-corrected chi connectivity index (χ2v) is 8.11. The Morgan fingerprint density at radius 2 is 1.97 bits per heavy atom. The number of fused-ring (bicyclic) bond motifs is 1. The van der Waals surface area contributed by atoms with Crippen LogP contribution in [0.1, 0.15) is 46.7 Å². The fourth-order valence-electron chi connectivity index (χ4n) is 4.13. The fourth-order valence-corrected chi connectivity index (χ4v) is 4.13. The minimum atomic E-state index is -2.60. The summed E-state index contributed by atoms with van der Waals surface area (Å²) in [6, 6.07) is 5.37. The van der Waals surface area contributed by atoms with Crippen molar-refractivity contribution in [2.45, 2.75) is 38.5 Å². The number of carbonyl (C=O) groups excluding carboxylic acids is 4. The molecule has 34 heavy (non-hydrogen) atoms. The lowest BCUT2D eigenvalue weighted by Crippen LogP contribution is -2.52. The summed E-state index contributed by atoms with van der Waals surface area (Å²) in [5.41, 5.74) is 0.409. The van der Waals surface area contributed by atoms with Crippen LogP contribution in [0, 0.1) is 0 Å². The van der Waals surface area contributed by atoms with Crippen LogP contribution in [0.15, 0.2) is 42.4 Å². The quantitative estimate of drug-likeness (QED) is 0.643. The molecule has 0 aromatic heterocycles. The van der Waals surface area contributed by atoms with Crippen LogP contribution < -0.4 is 10.1 Å². The van der Waals surface area contributed by atoms with Crippen LogP contribution >= 0.6 is 0 Å². The Morgan fingerprint density at radius 1 is 1.15 bits per heavy atom. The summed E-state index contributed by atoms with van der Waals surface area (Å²) in [7, 11) is 0. The number of amides is 4. The normalized spacial score (nSPS) is 23.9. The van der Waals surface area contributed by atoms with E-state index in [-0.39, 0.29) is 61.6 Å². The average Bonchev–Trinajstić information content (AvgIpc) is 3.22. The highest BCUT2D eigenvalue weighted by Crippen LogP contribution is 2.34. The third kappa shape index (κ3) is 4.38. The largest absolute Gasteiger partial charge is 0.489 e. The highest BCUT2D eigenvalue weighted by molar-refractivity contribution is 6.05. The van der Waals surface area contributed by atoms with E-state index in [1.165, 1.54) is 34.1 Å². The van der Waals surface area contributed by atoms with Crippen molar-refractivity contribution in [2.24, 2.45) is 0 Å². The van der Waals surface area contributed by atoms with Crippen molar-refractivity contribution in [1.82, 2.24) is 15.1 Å². The number of nitrogens with zero attached hydrogens (tertiary/aromatic N) is 2. The number of hydrogen-bond acceptors (Lipinski definition) is 6. The molecule has 0 spiro atoms. The predicted octanol–water partition coefficient (Wildman–Crippen LogP) is 1.39. The van der Waals surface area contributed by atoms with E-state index < -0.39 is 54.8 Å². The van der Waals surface area contributed by atoms with Gasteiger partial charge in [-0.05, 0) is 29.7 Å². The monoisotopic (exact) mass is 468 g/mol. The summed E-state index contributed by atoms with van der Waals surface area (Å²) in [6.45, 7) is -3.63. The second-order valence-electron chi connectivity index (χ2n) is 8.11. The van der Waals surface area contributed by atoms with E-state index in [2.05, 4.69) is 5.32 Å². The summed E-state index contributed by atoms with van der Waals surface area (Å²) in [6.07, 6.45) is 0.272. The van der Waals surface area contributed by atoms with Gasteiger partial charge in [-0.15, -0.1) is 0 Å². The summed E-state index contributed by atoms with van der Waals surface area (Å²) in [5.74, 6) is -1.79. The van der Waals surface area contributed by atoms with Crippen LogP contribution in [0.4, 0.5) is 0 Å². The van der Waals surface area contributed by atoms with Crippen LogP contribution in [0.3, 0.4) is 0 Å². The van der Waals surface area contributed by atoms with Gasteiger partial charge in [0.25, 0.3) is 5.91 Å². The van der Waals surface area contributed by atoms with Crippen molar-refractivity contribution in [2.75, 3.05) is 19.8 Å². The average molecular weight is 469 g/mol. The van der Waals surface area contributed by atoms with Crippen LogP contribution in [0.25, 0.3) is 0 Å². The topological polar surface area (TPSA) is 105 Å². The molecular weight excluding hydrogens is 438 g/mol. The van der Waals surface area contributed by atoms with Gasteiger partial charge in [-0.3, -0.25) is 24.5 Å². The van der Waals surface area contributed by atoms with Gasteiger partial charge in [0.05, 0.1) is 20.0 Å². The van der Waals surface area contributed by atoms with Crippen molar-refractivity contribution in [1.29, 1.82) is 0 Å². The molecule has 0 radical (unpaired) electrons. The molecule has 0 aliphatic carbocycles. The Morgan fingerprint density at radius 3 is 2.79 bits per heavy atom. The number of benzene rings is 2. The zero-order valence-electron chi connectivity index (χ0n) is 23.1. The molecule has 176 valence electrons. The molecule has 2 fully saturated rings. The molecule has 5 rings (SSSR count). The molecule has 0 saturated carbocycles. The number of nitrogens with one attached hydrogen (secondary N) is 1. The molecule has 0 bridgehead atoms. The van der Waals surface area contributed by atoms with Gasteiger partial charge in [0.15, 0.2) is 0 Å². The van der Waals surface area contributed by atoms with E-state index >= 15 is 0 Å². The lowest BCUT2D eigenvalue weighted by Gasteiger charge is -2.29. The van der Waals surface area contributed by atoms with Crippen LogP contribution in [-0.2, 0) is 38.7 Å². The van der Waals surface area contributed by atoms with Gasteiger partial charge >= 0.3 is 0 Å². The zero-order valence-corrected chi connectivity index (χ0v) is 18.1. The van der Waals surface area contributed by atoms with Crippen molar-refractivity contribution >= 4 is 23.6 Å². The van der Waals surface area contributed by atoms with Gasteiger partial charge in [-0.1, -0.05) is 30.3 Å². The van der Waals surface area contributed by atoms with Gasteiger partial charge < -0.3 is 19.3 Å². The highest BCUT2D eigenvalue weighted by Gasteiger charge is 2.40. The maximum atomic E-state index is 13.1. The molecular formula is C25H25N3O6. The molecule has 9 nitrogen and oxygen atoms in total. The molecule has 3 aliphatic rings. The first-order valence-electron chi connectivity index (χ1n) is 13.4. The minimum Gasteiger partial charge on any atom is -0.489 e. The molecule has 2 saturated heterocycles. The van der Waals surface area contributed by atoms with E-state index in [9.17, 15) is 19.2 Å². The Labute approximate surface area is 203 Å². The van der Waals surface area contributed by atoms with Crippen molar-refractivity contribution < 1.29 is 35.5 Å². The third-order valence-electron chi connectivity index (χ3n) is 5.90. The molecule has 2 atom stereocenters. The zero-order chi connectivity index (χ0) is 28.1. The van der Waals surface area contributed by atoms with Crippen LogP contribution in [-0.4, -0.2) is 59.2 Å².